The summed E-state index contributed by atoms with van der Waals surface area (Å²) in [6.45, 7) is 4.22. The number of aryl methyl sites for hydroxylation is 2. The Balaban J connectivity index is 2.43. The summed E-state index contributed by atoms with van der Waals surface area (Å²) in [5.74, 6) is -1.60. The molecule has 1 atom stereocenters. The summed E-state index contributed by atoms with van der Waals surface area (Å²) in [5, 5.41) is 0. The molecule has 0 aliphatic heterocycles. The molecule has 0 spiro atoms. The zero-order chi connectivity index (χ0) is 14.7. The summed E-state index contributed by atoms with van der Waals surface area (Å²) in [6, 6.07) is 10.4. The van der Waals surface area contributed by atoms with Crippen LogP contribution in [0.3, 0.4) is 0 Å². The second-order valence-electron chi connectivity index (χ2n) is 4.74. The van der Waals surface area contributed by atoms with Crippen molar-refractivity contribution in [1.29, 1.82) is 0 Å². The summed E-state index contributed by atoms with van der Waals surface area (Å²) in [7, 11) is 0. The number of hydrogen-bond acceptors (Lipinski definition) is 0. The van der Waals surface area contributed by atoms with Gasteiger partial charge in [-0.15, -0.1) is 0 Å². The minimum atomic E-state index is -0.812. The lowest BCUT2D eigenvalue weighted by molar-refractivity contribution is 0.500. The molecule has 0 saturated heterocycles. The molecule has 0 amide bonds. The van der Waals surface area contributed by atoms with Crippen LogP contribution in [0.1, 0.15) is 40.9 Å². The number of hydrogen-bond donors (Lipinski definition) is 0. The molecule has 2 aromatic rings. The van der Waals surface area contributed by atoms with Crippen molar-refractivity contribution in [2.24, 2.45) is 0 Å². The van der Waals surface area contributed by atoms with E-state index in [0.717, 1.165) is 24.5 Å². The van der Waals surface area contributed by atoms with Gasteiger partial charge in [0.05, 0.1) is 4.83 Å². The molecule has 106 valence electrons. The van der Waals surface area contributed by atoms with Crippen LogP contribution in [0, 0.1) is 11.6 Å². The van der Waals surface area contributed by atoms with Gasteiger partial charge in [-0.2, -0.15) is 0 Å². The maximum atomic E-state index is 13.9. The van der Waals surface area contributed by atoms with Gasteiger partial charge >= 0.3 is 0 Å². The molecular weight excluding hydrogens is 322 g/mol. The second-order valence-corrected chi connectivity index (χ2v) is 5.66. The fraction of sp³-hybridized carbons (Fsp3) is 0.294. The first-order valence-electron chi connectivity index (χ1n) is 6.78. The highest BCUT2D eigenvalue weighted by atomic mass is 79.9. The summed E-state index contributed by atoms with van der Waals surface area (Å²) >= 11 is 3.48. The van der Waals surface area contributed by atoms with Crippen LogP contribution in [-0.2, 0) is 12.8 Å². The van der Waals surface area contributed by atoms with Crippen LogP contribution in [0.2, 0.25) is 0 Å². The van der Waals surface area contributed by atoms with Gasteiger partial charge in [0.15, 0.2) is 11.6 Å². The van der Waals surface area contributed by atoms with E-state index in [1.54, 1.807) is 6.07 Å². The van der Waals surface area contributed by atoms with E-state index in [4.69, 9.17) is 0 Å². The molecule has 2 aromatic carbocycles. The highest BCUT2D eigenvalue weighted by Crippen LogP contribution is 2.34. The van der Waals surface area contributed by atoms with Crippen molar-refractivity contribution in [1.82, 2.24) is 0 Å². The van der Waals surface area contributed by atoms with Crippen molar-refractivity contribution in [2.45, 2.75) is 31.5 Å². The molecule has 0 heterocycles. The monoisotopic (exact) mass is 338 g/mol. The average molecular weight is 339 g/mol. The fourth-order valence-corrected chi connectivity index (χ4v) is 3.01. The van der Waals surface area contributed by atoms with Crippen LogP contribution in [0.4, 0.5) is 8.78 Å². The van der Waals surface area contributed by atoms with Crippen molar-refractivity contribution < 1.29 is 8.78 Å². The largest absolute Gasteiger partial charge is 0.204 e. The summed E-state index contributed by atoms with van der Waals surface area (Å²) in [4.78, 5) is -0.339. The number of benzene rings is 2. The van der Waals surface area contributed by atoms with Gasteiger partial charge in [0, 0.05) is 5.56 Å². The van der Waals surface area contributed by atoms with Gasteiger partial charge in [-0.25, -0.2) is 8.78 Å². The van der Waals surface area contributed by atoms with Crippen LogP contribution < -0.4 is 0 Å². The first kappa shape index (κ1) is 15.2. The minimum Gasteiger partial charge on any atom is -0.204 e. The highest BCUT2D eigenvalue weighted by molar-refractivity contribution is 9.09. The second kappa shape index (κ2) is 6.49. The lowest BCUT2D eigenvalue weighted by Gasteiger charge is -2.15. The highest BCUT2D eigenvalue weighted by Gasteiger charge is 2.18. The predicted octanol–water partition coefficient (Wildman–Crippen LogP) is 5.57. The first-order valence-corrected chi connectivity index (χ1v) is 7.69. The van der Waals surface area contributed by atoms with Crippen molar-refractivity contribution in [2.75, 3.05) is 0 Å². The van der Waals surface area contributed by atoms with E-state index in [2.05, 4.69) is 41.9 Å². The third kappa shape index (κ3) is 2.93. The lowest BCUT2D eigenvalue weighted by Crippen LogP contribution is -2.01. The van der Waals surface area contributed by atoms with Crippen molar-refractivity contribution in [3.8, 4) is 0 Å². The Hall–Kier alpha value is -1.22. The lowest BCUT2D eigenvalue weighted by atomic mass is 9.96. The van der Waals surface area contributed by atoms with Gasteiger partial charge in [0.25, 0.3) is 0 Å². The van der Waals surface area contributed by atoms with Crippen molar-refractivity contribution in [3.05, 3.63) is 70.3 Å². The zero-order valence-electron chi connectivity index (χ0n) is 11.6. The Morgan fingerprint density at radius 3 is 2.35 bits per heavy atom. The molecule has 0 nitrogen and oxygen atoms in total. The third-order valence-corrected chi connectivity index (χ3v) is 4.56. The van der Waals surface area contributed by atoms with E-state index < -0.39 is 11.6 Å². The molecule has 3 heteroatoms. The number of alkyl halides is 1. The number of halogens is 3. The molecule has 0 N–H and O–H groups in total. The van der Waals surface area contributed by atoms with E-state index in [0.29, 0.717) is 5.56 Å². The van der Waals surface area contributed by atoms with Gasteiger partial charge in [0.1, 0.15) is 0 Å². The van der Waals surface area contributed by atoms with E-state index in [9.17, 15) is 8.78 Å². The van der Waals surface area contributed by atoms with Crippen molar-refractivity contribution >= 4 is 15.9 Å². The fourth-order valence-electron chi connectivity index (χ4n) is 2.37. The van der Waals surface area contributed by atoms with E-state index in [1.165, 1.54) is 17.2 Å². The molecule has 0 radical (unpaired) electrons. The maximum Gasteiger partial charge on any atom is 0.163 e. The normalized spacial score (nSPS) is 12.4. The molecule has 0 bridgehead atoms. The molecule has 2 rings (SSSR count). The van der Waals surface area contributed by atoms with Gasteiger partial charge < -0.3 is 0 Å². The summed E-state index contributed by atoms with van der Waals surface area (Å²) < 4.78 is 27.2. The Morgan fingerprint density at radius 1 is 1.00 bits per heavy atom. The van der Waals surface area contributed by atoms with Gasteiger partial charge in [-0.3, -0.25) is 0 Å². The van der Waals surface area contributed by atoms with Crippen LogP contribution >= 0.6 is 15.9 Å². The predicted molar refractivity (Wildman–Crippen MR) is 82.3 cm³/mol. The van der Waals surface area contributed by atoms with E-state index in [-0.39, 0.29) is 4.83 Å². The maximum absolute atomic E-state index is 13.9. The van der Waals surface area contributed by atoms with Crippen molar-refractivity contribution in [3.63, 3.8) is 0 Å². The molecule has 0 saturated carbocycles. The SMILES string of the molecule is CCc1ccc(C(Br)c2cccc(F)c2F)cc1CC. The van der Waals surface area contributed by atoms with Crippen LogP contribution in [0.25, 0.3) is 0 Å². The number of rotatable bonds is 4. The average Bonchev–Trinajstić information content (AvgIpc) is 2.48. The Kier molecular flexibility index (Phi) is 4.92. The topological polar surface area (TPSA) is 0 Å². The van der Waals surface area contributed by atoms with Gasteiger partial charge in [0.2, 0.25) is 0 Å². The quantitative estimate of drug-likeness (QED) is 0.639. The molecule has 0 fully saturated rings. The summed E-state index contributed by atoms with van der Waals surface area (Å²) in [5.41, 5.74) is 3.83. The Labute approximate surface area is 127 Å². The standard InChI is InChI=1S/C17H17BrF2/c1-3-11-8-9-13(10-12(11)4-2)16(18)14-6-5-7-15(19)17(14)20/h5-10,16H,3-4H2,1-2H3. The molecule has 0 aliphatic carbocycles. The Bertz CT molecular complexity index is 608. The minimum absolute atomic E-state index is 0.330. The van der Waals surface area contributed by atoms with Crippen LogP contribution in [0.5, 0.6) is 0 Å². The Morgan fingerprint density at radius 2 is 1.70 bits per heavy atom. The van der Waals surface area contributed by atoms with Crippen LogP contribution in [-0.4, -0.2) is 0 Å². The molecule has 1 unspecified atom stereocenters. The van der Waals surface area contributed by atoms with Gasteiger partial charge in [-0.05, 0) is 35.6 Å². The molecule has 0 aromatic heterocycles. The smallest absolute Gasteiger partial charge is 0.163 e. The zero-order valence-corrected chi connectivity index (χ0v) is 13.2. The van der Waals surface area contributed by atoms with Crippen LogP contribution in [0.15, 0.2) is 36.4 Å². The molecule has 20 heavy (non-hydrogen) atoms. The summed E-state index contributed by atoms with van der Waals surface area (Å²) in [6.07, 6.45) is 1.91. The van der Waals surface area contributed by atoms with E-state index in [1.807, 2.05) is 6.07 Å². The first-order chi connectivity index (χ1) is 9.58. The molecule has 0 aliphatic rings. The third-order valence-electron chi connectivity index (χ3n) is 3.54. The van der Waals surface area contributed by atoms with E-state index >= 15 is 0 Å². The van der Waals surface area contributed by atoms with Gasteiger partial charge in [-0.1, -0.05) is 60.1 Å². The molecular formula is C17H17BrF2.